The van der Waals surface area contributed by atoms with E-state index in [-0.39, 0.29) is 0 Å². The van der Waals surface area contributed by atoms with Crippen molar-refractivity contribution in [2.24, 2.45) is 0 Å². The lowest BCUT2D eigenvalue weighted by molar-refractivity contribution is -0.702. The standard InChI is InChI=1S/C22H24NO2.BF4/c1-18-22(25-17-20-11-7-4-8-12-20)21(24-2)14-16-23(18)15-13-19-9-5-3-6-10-19;2-1(3,4)5/h3-12,14,16H,13,15,17H2,1-2H3;/q+1;-1. The normalized spacial score (nSPS) is 10.7. The molecule has 0 amide bonds. The van der Waals surface area contributed by atoms with Crippen molar-refractivity contribution in [3.05, 3.63) is 89.7 Å². The average molecular weight is 421 g/mol. The van der Waals surface area contributed by atoms with Crippen molar-refractivity contribution >= 4 is 7.25 Å². The molecule has 1 heterocycles. The molecule has 0 atom stereocenters. The van der Waals surface area contributed by atoms with Gasteiger partial charge in [0.05, 0.1) is 7.11 Å². The van der Waals surface area contributed by atoms with E-state index in [9.17, 15) is 17.3 Å². The number of pyridine rings is 1. The molecule has 0 N–H and O–H groups in total. The number of aryl methyl sites for hydroxylation is 2. The van der Waals surface area contributed by atoms with Crippen LogP contribution in [0.1, 0.15) is 16.8 Å². The van der Waals surface area contributed by atoms with Gasteiger partial charge in [-0.3, -0.25) is 0 Å². The third-order valence-electron chi connectivity index (χ3n) is 4.32. The van der Waals surface area contributed by atoms with Crippen molar-refractivity contribution in [2.75, 3.05) is 7.11 Å². The quantitative estimate of drug-likeness (QED) is 0.289. The van der Waals surface area contributed by atoms with Crippen LogP contribution in [0.15, 0.2) is 72.9 Å². The SMILES string of the molecule is COc1cc[n+](CCc2ccccc2)c(C)c1OCc1ccccc1.F[B-](F)(F)F. The van der Waals surface area contributed by atoms with E-state index in [0.29, 0.717) is 6.61 Å². The Bertz CT molecular complexity index is 900. The summed E-state index contributed by atoms with van der Waals surface area (Å²) >= 11 is 0. The van der Waals surface area contributed by atoms with E-state index in [1.165, 1.54) is 5.56 Å². The highest BCUT2D eigenvalue weighted by Crippen LogP contribution is 2.29. The van der Waals surface area contributed by atoms with E-state index in [2.05, 4.69) is 54.1 Å². The first-order chi connectivity index (χ1) is 14.3. The number of hydrogen-bond acceptors (Lipinski definition) is 2. The van der Waals surface area contributed by atoms with E-state index in [4.69, 9.17) is 9.47 Å². The highest BCUT2D eigenvalue weighted by molar-refractivity contribution is 6.50. The fourth-order valence-corrected chi connectivity index (χ4v) is 2.86. The molecule has 2 aromatic carbocycles. The maximum absolute atomic E-state index is 9.75. The zero-order chi connectivity index (χ0) is 22.0. The molecule has 8 heteroatoms. The Morgan fingerprint density at radius 1 is 0.833 bits per heavy atom. The Kier molecular flexibility index (Phi) is 8.71. The maximum Gasteiger partial charge on any atom is 0.673 e. The molecular weight excluding hydrogens is 397 g/mol. The fourth-order valence-electron chi connectivity index (χ4n) is 2.86. The van der Waals surface area contributed by atoms with Gasteiger partial charge in [-0.25, -0.2) is 0 Å². The molecule has 0 fully saturated rings. The summed E-state index contributed by atoms with van der Waals surface area (Å²) < 4.78 is 52.8. The van der Waals surface area contributed by atoms with Crippen molar-refractivity contribution in [3.8, 4) is 11.5 Å². The van der Waals surface area contributed by atoms with Crippen molar-refractivity contribution < 1.29 is 31.3 Å². The van der Waals surface area contributed by atoms with Crippen molar-refractivity contribution in [1.29, 1.82) is 0 Å². The summed E-state index contributed by atoms with van der Waals surface area (Å²) in [6.45, 7) is 3.51. The largest absolute Gasteiger partial charge is 0.673 e. The Morgan fingerprint density at radius 3 is 1.90 bits per heavy atom. The predicted molar refractivity (Wildman–Crippen MR) is 109 cm³/mol. The van der Waals surface area contributed by atoms with Crippen LogP contribution in [0.3, 0.4) is 0 Å². The summed E-state index contributed by atoms with van der Waals surface area (Å²) in [6, 6.07) is 22.7. The summed E-state index contributed by atoms with van der Waals surface area (Å²) in [7, 11) is -4.32. The molecule has 0 radical (unpaired) electrons. The van der Waals surface area contributed by atoms with E-state index in [1.54, 1.807) is 7.11 Å². The summed E-state index contributed by atoms with van der Waals surface area (Å²) in [6.07, 6.45) is 3.04. The van der Waals surface area contributed by atoms with E-state index in [0.717, 1.165) is 35.7 Å². The van der Waals surface area contributed by atoms with Crippen molar-refractivity contribution in [3.63, 3.8) is 0 Å². The highest BCUT2D eigenvalue weighted by atomic mass is 19.5. The minimum Gasteiger partial charge on any atom is -0.492 e. The second-order valence-electron chi connectivity index (χ2n) is 6.50. The Hall–Kier alpha value is -3.03. The summed E-state index contributed by atoms with van der Waals surface area (Å²) in [4.78, 5) is 0. The number of benzene rings is 2. The Balaban J connectivity index is 0.000000575. The van der Waals surface area contributed by atoms with Crippen LogP contribution in [0.25, 0.3) is 0 Å². The van der Waals surface area contributed by atoms with Gasteiger partial charge in [-0.2, -0.15) is 4.57 Å². The predicted octanol–water partition coefficient (Wildman–Crippen LogP) is 5.41. The molecule has 0 aliphatic rings. The molecule has 0 unspecified atom stereocenters. The third kappa shape index (κ3) is 8.15. The van der Waals surface area contributed by atoms with Crippen LogP contribution in [0, 0.1) is 6.92 Å². The number of aromatic nitrogens is 1. The number of nitrogens with zero attached hydrogens (tertiary/aromatic N) is 1. The third-order valence-corrected chi connectivity index (χ3v) is 4.32. The van der Waals surface area contributed by atoms with Gasteiger partial charge < -0.3 is 26.7 Å². The second kappa shape index (κ2) is 11.2. The van der Waals surface area contributed by atoms with Crippen LogP contribution in [0.2, 0.25) is 0 Å². The molecule has 1 aromatic heterocycles. The monoisotopic (exact) mass is 421 g/mol. The fraction of sp³-hybridized carbons (Fsp3) is 0.227. The van der Waals surface area contributed by atoms with Crippen LogP contribution >= 0.6 is 0 Å². The summed E-state index contributed by atoms with van der Waals surface area (Å²) in [5.41, 5.74) is 3.55. The lowest BCUT2D eigenvalue weighted by Crippen LogP contribution is -2.38. The molecule has 3 rings (SSSR count). The number of ether oxygens (including phenoxy) is 2. The van der Waals surface area contributed by atoms with Crippen LogP contribution in [-0.2, 0) is 19.6 Å². The van der Waals surface area contributed by atoms with Gasteiger partial charge in [-0.1, -0.05) is 60.7 Å². The number of methoxy groups -OCH3 is 1. The number of hydrogen-bond donors (Lipinski definition) is 0. The Morgan fingerprint density at radius 2 is 1.37 bits per heavy atom. The Labute approximate surface area is 174 Å². The van der Waals surface area contributed by atoms with Crippen LogP contribution in [0.4, 0.5) is 17.3 Å². The molecule has 0 bridgehead atoms. The first-order valence-electron chi connectivity index (χ1n) is 9.43. The highest BCUT2D eigenvalue weighted by Gasteiger charge is 2.20. The van der Waals surface area contributed by atoms with Gasteiger partial charge in [0.25, 0.3) is 0 Å². The zero-order valence-electron chi connectivity index (χ0n) is 16.9. The molecule has 0 spiro atoms. The van der Waals surface area contributed by atoms with Crippen LogP contribution in [-0.4, -0.2) is 14.4 Å². The van der Waals surface area contributed by atoms with Gasteiger partial charge in [0.1, 0.15) is 6.61 Å². The molecular formula is C22H24BF4NO2. The summed E-state index contributed by atoms with van der Waals surface area (Å²) in [5, 5.41) is 0. The smallest absolute Gasteiger partial charge is 0.492 e. The van der Waals surface area contributed by atoms with Crippen molar-refractivity contribution in [1.82, 2.24) is 0 Å². The average Bonchev–Trinajstić information content (AvgIpc) is 2.72. The van der Waals surface area contributed by atoms with Gasteiger partial charge in [-0.15, -0.1) is 0 Å². The van der Waals surface area contributed by atoms with E-state index >= 15 is 0 Å². The number of halogens is 4. The molecule has 160 valence electrons. The number of rotatable bonds is 7. The summed E-state index contributed by atoms with van der Waals surface area (Å²) in [5.74, 6) is 1.58. The first kappa shape index (κ1) is 23.3. The molecule has 30 heavy (non-hydrogen) atoms. The van der Waals surface area contributed by atoms with Crippen LogP contribution < -0.4 is 14.0 Å². The van der Waals surface area contributed by atoms with Gasteiger partial charge in [-0.05, 0) is 11.1 Å². The van der Waals surface area contributed by atoms with Crippen LogP contribution in [0.5, 0.6) is 11.5 Å². The topological polar surface area (TPSA) is 22.3 Å². The molecule has 0 saturated heterocycles. The van der Waals surface area contributed by atoms with Crippen molar-refractivity contribution in [2.45, 2.75) is 26.5 Å². The van der Waals surface area contributed by atoms with E-state index < -0.39 is 7.25 Å². The molecule has 0 saturated carbocycles. The lowest BCUT2D eigenvalue weighted by atomic mass is 10.1. The molecule has 0 aliphatic heterocycles. The maximum atomic E-state index is 9.75. The minimum absolute atomic E-state index is 0.529. The molecule has 0 aliphatic carbocycles. The first-order valence-corrected chi connectivity index (χ1v) is 9.43. The van der Waals surface area contributed by atoms with E-state index in [1.807, 2.05) is 30.3 Å². The van der Waals surface area contributed by atoms with Gasteiger partial charge >= 0.3 is 7.25 Å². The molecule has 3 aromatic rings. The van der Waals surface area contributed by atoms with Gasteiger partial charge in [0, 0.05) is 19.4 Å². The van der Waals surface area contributed by atoms with Gasteiger partial charge in [0.15, 0.2) is 18.5 Å². The molecule has 3 nitrogen and oxygen atoms in total. The zero-order valence-corrected chi connectivity index (χ0v) is 16.9. The van der Waals surface area contributed by atoms with Gasteiger partial charge in [0.2, 0.25) is 11.4 Å². The minimum atomic E-state index is -6.00. The lowest BCUT2D eigenvalue weighted by Gasteiger charge is -2.12. The second-order valence-corrected chi connectivity index (χ2v) is 6.50.